The number of nitrogens with zero attached hydrogens (tertiary/aromatic N) is 2. The van der Waals surface area contributed by atoms with Gasteiger partial charge in [-0.1, -0.05) is 6.92 Å². The van der Waals surface area contributed by atoms with Crippen molar-refractivity contribution in [3.05, 3.63) is 23.4 Å². The highest BCUT2D eigenvalue weighted by Gasteiger charge is 2.34. The second kappa shape index (κ2) is 5.14. The molecular formula is C13H20N4O2. The smallest absolute Gasteiger partial charge is 0.254 e. The average molecular weight is 264 g/mol. The van der Waals surface area contributed by atoms with Gasteiger partial charge >= 0.3 is 0 Å². The van der Waals surface area contributed by atoms with E-state index in [1.54, 1.807) is 24.0 Å². The quantitative estimate of drug-likeness (QED) is 0.547. The minimum Gasteiger partial charge on any atom is -0.388 e. The second-order valence-corrected chi connectivity index (χ2v) is 5.20. The summed E-state index contributed by atoms with van der Waals surface area (Å²) in [5.41, 5.74) is 3.05. The molecule has 104 valence electrons. The molecular weight excluding hydrogens is 244 g/mol. The van der Waals surface area contributed by atoms with Gasteiger partial charge in [0, 0.05) is 24.3 Å². The molecule has 1 unspecified atom stereocenters. The van der Waals surface area contributed by atoms with Crippen molar-refractivity contribution in [1.29, 1.82) is 0 Å². The molecule has 0 aromatic carbocycles. The number of anilines is 1. The maximum absolute atomic E-state index is 12.4. The number of likely N-dealkylation sites (tertiary alicyclic amines) is 1. The number of hydrogen-bond donors (Lipinski definition) is 3. The number of nitrogen functional groups attached to an aromatic ring is 1. The SMILES string of the molecule is CCc1cc(C(=O)N2CCC(C)(O)C2)cc(NN)n1. The molecule has 19 heavy (non-hydrogen) atoms. The van der Waals surface area contributed by atoms with Gasteiger partial charge in [0.1, 0.15) is 5.82 Å². The van der Waals surface area contributed by atoms with Crippen LogP contribution in [0.3, 0.4) is 0 Å². The zero-order valence-corrected chi connectivity index (χ0v) is 11.3. The maximum Gasteiger partial charge on any atom is 0.254 e. The summed E-state index contributed by atoms with van der Waals surface area (Å²) in [5, 5.41) is 9.92. The van der Waals surface area contributed by atoms with Crippen molar-refractivity contribution >= 4 is 11.7 Å². The van der Waals surface area contributed by atoms with Crippen LogP contribution in [0.4, 0.5) is 5.82 Å². The van der Waals surface area contributed by atoms with Crippen LogP contribution in [-0.4, -0.2) is 39.6 Å². The van der Waals surface area contributed by atoms with E-state index in [0.29, 0.717) is 30.9 Å². The summed E-state index contributed by atoms with van der Waals surface area (Å²) in [5.74, 6) is 5.75. The van der Waals surface area contributed by atoms with Gasteiger partial charge in [-0.3, -0.25) is 4.79 Å². The van der Waals surface area contributed by atoms with Crippen molar-refractivity contribution in [1.82, 2.24) is 9.88 Å². The Morgan fingerprint density at radius 3 is 2.89 bits per heavy atom. The van der Waals surface area contributed by atoms with Crippen molar-refractivity contribution < 1.29 is 9.90 Å². The van der Waals surface area contributed by atoms with Crippen LogP contribution in [0, 0.1) is 0 Å². The Bertz CT molecular complexity index is 465. The molecule has 0 saturated carbocycles. The molecule has 2 heterocycles. The van der Waals surface area contributed by atoms with Gasteiger partial charge in [-0.25, -0.2) is 10.8 Å². The number of aromatic nitrogens is 1. The molecule has 6 heteroatoms. The number of aliphatic hydroxyl groups is 1. The van der Waals surface area contributed by atoms with E-state index in [9.17, 15) is 9.90 Å². The summed E-state index contributed by atoms with van der Waals surface area (Å²) < 4.78 is 0. The van der Waals surface area contributed by atoms with E-state index in [1.807, 2.05) is 6.92 Å². The Balaban J connectivity index is 2.24. The molecule has 1 amide bonds. The topological polar surface area (TPSA) is 91.5 Å². The van der Waals surface area contributed by atoms with E-state index < -0.39 is 5.60 Å². The third-order valence-electron chi connectivity index (χ3n) is 3.37. The Kier molecular flexibility index (Phi) is 3.73. The number of aryl methyl sites for hydroxylation is 1. The molecule has 1 atom stereocenters. The predicted molar refractivity (Wildman–Crippen MR) is 72.6 cm³/mol. The molecule has 2 rings (SSSR count). The van der Waals surface area contributed by atoms with E-state index in [-0.39, 0.29) is 5.91 Å². The third kappa shape index (κ3) is 3.02. The Morgan fingerprint density at radius 2 is 2.37 bits per heavy atom. The normalized spacial score (nSPS) is 22.6. The Hall–Kier alpha value is -1.66. The predicted octanol–water partition coefficient (Wildman–Crippen LogP) is 0.526. The van der Waals surface area contributed by atoms with Crippen molar-refractivity contribution in [3.63, 3.8) is 0 Å². The zero-order valence-electron chi connectivity index (χ0n) is 11.3. The summed E-state index contributed by atoms with van der Waals surface area (Å²) in [6.07, 6.45) is 1.33. The molecule has 1 aliphatic rings. The monoisotopic (exact) mass is 264 g/mol. The third-order valence-corrected chi connectivity index (χ3v) is 3.37. The molecule has 4 N–H and O–H groups in total. The lowest BCUT2D eigenvalue weighted by Gasteiger charge is -2.19. The zero-order chi connectivity index (χ0) is 14.0. The number of nitrogens with two attached hydrogens (primary N) is 1. The van der Waals surface area contributed by atoms with Crippen molar-refractivity contribution in [3.8, 4) is 0 Å². The van der Waals surface area contributed by atoms with Gasteiger partial charge in [-0.05, 0) is 31.9 Å². The highest BCUT2D eigenvalue weighted by Crippen LogP contribution is 2.23. The molecule has 1 saturated heterocycles. The average Bonchev–Trinajstić information content (AvgIpc) is 2.77. The fraction of sp³-hybridized carbons (Fsp3) is 0.538. The lowest BCUT2D eigenvalue weighted by atomic mass is 10.1. The summed E-state index contributed by atoms with van der Waals surface area (Å²) >= 11 is 0. The first-order valence-electron chi connectivity index (χ1n) is 6.44. The Morgan fingerprint density at radius 1 is 1.63 bits per heavy atom. The molecule has 0 spiro atoms. The highest BCUT2D eigenvalue weighted by atomic mass is 16.3. The van der Waals surface area contributed by atoms with E-state index in [0.717, 1.165) is 12.1 Å². The number of carbonyl (C=O) groups is 1. The van der Waals surface area contributed by atoms with Gasteiger partial charge in [-0.15, -0.1) is 0 Å². The maximum atomic E-state index is 12.4. The molecule has 0 bridgehead atoms. The number of hydrogen-bond acceptors (Lipinski definition) is 5. The summed E-state index contributed by atoms with van der Waals surface area (Å²) in [6, 6.07) is 3.41. The van der Waals surface area contributed by atoms with Crippen LogP contribution in [0.1, 0.15) is 36.3 Å². The fourth-order valence-electron chi connectivity index (χ4n) is 2.27. The van der Waals surface area contributed by atoms with Crippen LogP contribution in [0.25, 0.3) is 0 Å². The van der Waals surface area contributed by atoms with Crippen molar-refractivity contribution in [2.45, 2.75) is 32.3 Å². The van der Waals surface area contributed by atoms with Crippen molar-refractivity contribution in [2.75, 3.05) is 18.5 Å². The molecule has 1 aromatic rings. The molecule has 1 aromatic heterocycles. The van der Waals surface area contributed by atoms with Crippen LogP contribution in [0.15, 0.2) is 12.1 Å². The highest BCUT2D eigenvalue weighted by molar-refractivity contribution is 5.95. The van der Waals surface area contributed by atoms with Crippen LogP contribution in [-0.2, 0) is 6.42 Å². The summed E-state index contributed by atoms with van der Waals surface area (Å²) in [6.45, 7) is 4.65. The van der Waals surface area contributed by atoms with E-state index in [2.05, 4.69) is 10.4 Å². The number of β-amino-alcohol motifs (C(OH)–C–C–N with tert-alkyl or cyclic N) is 1. The van der Waals surface area contributed by atoms with Gasteiger partial charge in [0.2, 0.25) is 0 Å². The Labute approximate surface area is 112 Å². The lowest BCUT2D eigenvalue weighted by Crippen LogP contribution is -2.34. The summed E-state index contributed by atoms with van der Waals surface area (Å²) in [4.78, 5) is 18.3. The van der Waals surface area contributed by atoms with E-state index in [4.69, 9.17) is 5.84 Å². The molecule has 6 nitrogen and oxygen atoms in total. The van der Waals surface area contributed by atoms with Crippen LogP contribution in [0.2, 0.25) is 0 Å². The standard InChI is InChI=1S/C13H20N4O2/c1-3-10-6-9(7-11(15-10)16-14)12(18)17-5-4-13(2,19)8-17/h6-7,19H,3-5,8,14H2,1-2H3,(H,15,16). The number of carbonyl (C=O) groups excluding carboxylic acids is 1. The van der Waals surface area contributed by atoms with Crippen LogP contribution in [0.5, 0.6) is 0 Å². The summed E-state index contributed by atoms with van der Waals surface area (Å²) in [7, 11) is 0. The van der Waals surface area contributed by atoms with Gasteiger partial charge in [0.25, 0.3) is 5.91 Å². The number of pyridine rings is 1. The lowest BCUT2D eigenvalue weighted by molar-refractivity contribution is 0.0572. The largest absolute Gasteiger partial charge is 0.388 e. The fourth-order valence-corrected chi connectivity index (χ4v) is 2.27. The van der Waals surface area contributed by atoms with Gasteiger partial charge in [0.15, 0.2) is 0 Å². The first kappa shape index (κ1) is 13.8. The first-order chi connectivity index (χ1) is 8.95. The van der Waals surface area contributed by atoms with E-state index >= 15 is 0 Å². The van der Waals surface area contributed by atoms with Gasteiger partial charge < -0.3 is 15.4 Å². The second-order valence-electron chi connectivity index (χ2n) is 5.20. The number of nitrogens with one attached hydrogen (secondary N) is 1. The van der Waals surface area contributed by atoms with E-state index in [1.165, 1.54) is 0 Å². The van der Waals surface area contributed by atoms with Crippen LogP contribution < -0.4 is 11.3 Å². The number of hydrazine groups is 1. The van der Waals surface area contributed by atoms with Crippen LogP contribution >= 0.6 is 0 Å². The molecule has 0 radical (unpaired) electrons. The minimum atomic E-state index is -0.786. The minimum absolute atomic E-state index is 0.0913. The van der Waals surface area contributed by atoms with Gasteiger partial charge in [0.05, 0.1) is 5.60 Å². The number of rotatable bonds is 3. The van der Waals surface area contributed by atoms with Gasteiger partial charge in [-0.2, -0.15) is 0 Å². The number of amides is 1. The molecule has 1 aliphatic heterocycles. The first-order valence-corrected chi connectivity index (χ1v) is 6.44. The van der Waals surface area contributed by atoms with Crippen molar-refractivity contribution in [2.24, 2.45) is 5.84 Å². The molecule has 0 aliphatic carbocycles. The molecule has 1 fully saturated rings.